The van der Waals surface area contributed by atoms with Crippen LogP contribution in [0.5, 0.6) is 0 Å². The van der Waals surface area contributed by atoms with Gasteiger partial charge in [0.2, 0.25) is 5.91 Å². The molecule has 0 aliphatic heterocycles. The molecule has 0 bridgehead atoms. The molecule has 0 fully saturated rings. The minimum absolute atomic E-state index is 0.0711. The Labute approximate surface area is 117 Å². The Bertz CT molecular complexity index is 491. The van der Waals surface area contributed by atoms with Crippen molar-refractivity contribution >= 4 is 17.6 Å². The lowest BCUT2D eigenvalue weighted by atomic mass is 10.0. The minimum atomic E-state index is -1.17. The predicted octanol–water partition coefficient (Wildman–Crippen LogP) is 2.23. The van der Waals surface area contributed by atoms with Crippen LogP contribution >= 0.6 is 0 Å². The van der Waals surface area contributed by atoms with Crippen molar-refractivity contribution in [3.63, 3.8) is 0 Å². The molecular formula is C14H19FN2O3. The second-order valence-electron chi connectivity index (χ2n) is 4.77. The van der Waals surface area contributed by atoms with Crippen LogP contribution in [0.4, 0.5) is 10.1 Å². The lowest BCUT2D eigenvalue weighted by Gasteiger charge is -2.10. The van der Waals surface area contributed by atoms with Crippen molar-refractivity contribution in [3.05, 3.63) is 29.6 Å². The van der Waals surface area contributed by atoms with Gasteiger partial charge in [0.25, 0.3) is 0 Å². The molecule has 1 rings (SSSR count). The molecule has 0 saturated carbocycles. The molecule has 1 amide bonds. The molecule has 20 heavy (non-hydrogen) atoms. The molecule has 4 N–H and O–H groups in total. The molecule has 1 unspecified atom stereocenters. The molecule has 0 aromatic heterocycles. The van der Waals surface area contributed by atoms with Crippen molar-refractivity contribution in [2.45, 2.75) is 26.2 Å². The Morgan fingerprint density at radius 3 is 2.70 bits per heavy atom. The molecule has 110 valence electrons. The molecule has 0 aliphatic carbocycles. The van der Waals surface area contributed by atoms with Gasteiger partial charge in [0, 0.05) is 6.42 Å². The summed E-state index contributed by atoms with van der Waals surface area (Å²) in [6, 6.07) is 3.28. The topological polar surface area (TPSA) is 92.4 Å². The van der Waals surface area contributed by atoms with Crippen LogP contribution in [0.1, 0.15) is 36.5 Å². The quantitative estimate of drug-likeness (QED) is 0.715. The van der Waals surface area contributed by atoms with Crippen molar-refractivity contribution in [1.29, 1.82) is 0 Å². The fourth-order valence-corrected chi connectivity index (χ4v) is 1.77. The average Bonchev–Trinajstić information content (AvgIpc) is 2.39. The van der Waals surface area contributed by atoms with Gasteiger partial charge in [-0.25, -0.2) is 9.18 Å². The number of amides is 1. The standard InChI is InChI=1S/C14H19FN2O3/c1-9(6-7-16)2-5-13(18)17-12-8-10(14(19)20)3-4-11(12)15/h3-4,8-9H,2,5-7,16H2,1H3,(H,17,18)(H,19,20). The summed E-state index contributed by atoms with van der Waals surface area (Å²) < 4.78 is 13.5. The van der Waals surface area contributed by atoms with Gasteiger partial charge in [-0.2, -0.15) is 0 Å². The van der Waals surface area contributed by atoms with E-state index in [0.717, 1.165) is 24.6 Å². The van der Waals surface area contributed by atoms with Gasteiger partial charge in [-0.05, 0) is 43.5 Å². The number of aromatic carboxylic acids is 1. The SMILES string of the molecule is CC(CCN)CCC(=O)Nc1cc(C(=O)O)ccc1F. The Morgan fingerprint density at radius 1 is 1.40 bits per heavy atom. The Hall–Kier alpha value is -1.95. The number of hydrogen-bond donors (Lipinski definition) is 3. The van der Waals surface area contributed by atoms with E-state index in [2.05, 4.69) is 5.32 Å². The van der Waals surface area contributed by atoms with Gasteiger partial charge < -0.3 is 16.2 Å². The van der Waals surface area contributed by atoms with E-state index in [9.17, 15) is 14.0 Å². The van der Waals surface area contributed by atoms with Gasteiger partial charge in [0.15, 0.2) is 0 Å². The highest BCUT2D eigenvalue weighted by Crippen LogP contribution is 2.17. The van der Waals surface area contributed by atoms with Crippen LogP contribution in [-0.4, -0.2) is 23.5 Å². The first-order valence-electron chi connectivity index (χ1n) is 6.46. The van der Waals surface area contributed by atoms with Gasteiger partial charge in [0.1, 0.15) is 5.82 Å². The van der Waals surface area contributed by atoms with Crippen molar-refractivity contribution in [2.24, 2.45) is 11.7 Å². The number of carbonyl (C=O) groups excluding carboxylic acids is 1. The largest absolute Gasteiger partial charge is 0.478 e. The summed E-state index contributed by atoms with van der Waals surface area (Å²) in [7, 11) is 0. The molecule has 0 heterocycles. The zero-order valence-corrected chi connectivity index (χ0v) is 11.4. The summed E-state index contributed by atoms with van der Waals surface area (Å²) in [6.07, 6.45) is 1.73. The average molecular weight is 282 g/mol. The third-order valence-corrected chi connectivity index (χ3v) is 3.01. The van der Waals surface area contributed by atoms with Gasteiger partial charge in [-0.3, -0.25) is 4.79 Å². The van der Waals surface area contributed by atoms with Crippen LogP contribution in [-0.2, 0) is 4.79 Å². The number of carboxylic acid groups (broad SMARTS) is 1. The number of nitrogens with one attached hydrogen (secondary N) is 1. The molecule has 1 aromatic carbocycles. The Balaban J connectivity index is 2.61. The van der Waals surface area contributed by atoms with Crippen LogP contribution < -0.4 is 11.1 Å². The van der Waals surface area contributed by atoms with E-state index in [4.69, 9.17) is 10.8 Å². The van der Waals surface area contributed by atoms with Gasteiger partial charge >= 0.3 is 5.97 Å². The van der Waals surface area contributed by atoms with Crippen LogP contribution in [0, 0.1) is 11.7 Å². The molecule has 0 saturated heterocycles. The summed E-state index contributed by atoms with van der Waals surface area (Å²) in [6.45, 7) is 2.56. The molecule has 1 aromatic rings. The molecule has 0 spiro atoms. The number of rotatable bonds is 7. The predicted molar refractivity (Wildman–Crippen MR) is 74.1 cm³/mol. The number of hydrogen-bond acceptors (Lipinski definition) is 3. The molecule has 6 heteroatoms. The lowest BCUT2D eigenvalue weighted by Crippen LogP contribution is -2.15. The van der Waals surface area contributed by atoms with Gasteiger partial charge in [-0.15, -0.1) is 0 Å². The maximum Gasteiger partial charge on any atom is 0.335 e. The lowest BCUT2D eigenvalue weighted by molar-refractivity contribution is -0.116. The smallest absolute Gasteiger partial charge is 0.335 e. The van der Waals surface area contributed by atoms with E-state index < -0.39 is 11.8 Å². The number of carbonyl (C=O) groups is 2. The van der Waals surface area contributed by atoms with Crippen LogP contribution in [0.15, 0.2) is 18.2 Å². The molecule has 1 atom stereocenters. The number of benzene rings is 1. The molecule has 5 nitrogen and oxygen atoms in total. The number of anilines is 1. The second-order valence-corrected chi connectivity index (χ2v) is 4.77. The molecular weight excluding hydrogens is 263 g/mol. The van der Waals surface area contributed by atoms with E-state index in [1.165, 1.54) is 0 Å². The van der Waals surface area contributed by atoms with E-state index in [1.54, 1.807) is 0 Å². The van der Waals surface area contributed by atoms with E-state index in [-0.39, 0.29) is 23.6 Å². The third kappa shape index (κ3) is 4.97. The van der Waals surface area contributed by atoms with Crippen molar-refractivity contribution in [2.75, 3.05) is 11.9 Å². The first-order valence-corrected chi connectivity index (χ1v) is 6.46. The van der Waals surface area contributed by atoms with Crippen LogP contribution in [0.2, 0.25) is 0 Å². The Morgan fingerprint density at radius 2 is 2.10 bits per heavy atom. The van der Waals surface area contributed by atoms with Crippen molar-refractivity contribution < 1.29 is 19.1 Å². The van der Waals surface area contributed by atoms with E-state index in [1.807, 2.05) is 6.92 Å². The zero-order valence-electron chi connectivity index (χ0n) is 11.4. The highest BCUT2D eigenvalue weighted by molar-refractivity contribution is 5.94. The minimum Gasteiger partial charge on any atom is -0.478 e. The third-order valence-electron chi connectivity index (χ3n) is 3.01. The normalized spacial score (nSPS) is 11.9. The zero-order chi connectivity index (χ0) is 15.1. The summed E-state index contributed by atoms with van der Waals surface area (Å²) in [5, 5.41) is 11.2. The maximum absolute atomic E-state index is 13.5. The highest BCUT2D eigenvalue weighted by Gasteiger charge is 2.12. The van der Waals surface area contributed by atoms with E-state index >= 15 is 0 Å². The molecule has 0 radical (unpaired) electrons. The first kappa shape index (κ1) is 16.1. The first-order chi connectivity index (χ1) is 9.43. The highest BCUT2D eigenvalue weighted by atomic mass is 19.1. The fourth-order valence-electron chi connectivity index (χ4n) is 1.77. The van der Waals surface area contributed by atoms with E-state index in [0.29, 0.717) is 18.9 Å². The summed E-state index contributed by atoms with van der Waals surface area (Å²) >= 11 is 0. The number of carboxylic acids is 1. The summed E-state index contributed by atoms with van der Waals surface area (Å²) in [5.74, 6) is -1.84. The fraction of sp³-hybridized carbons (Fsp3) is 0.429. The summed E-state index contributed by atoms with van der Waals surface area (Å²) in [4.78, 5) is 22.5. The van der Waals surface area contributed by atoms with Gasteiger partial charge in [-0.1, -0.05) is 6.92 Å². The maximum atomic E-state index is 13.5. The van der Waals surface area contributed by atoms with Crippen LogP contribution in [0.3, 0.4) is 0 Å². The second kappa shape index (κ2) is 7.59. The van der Waals surface area contributed by atoms with Crippen molar-refractivity contribution in [3.8, 4) is 0 Å². The summed E-state index contributed by atoms with van der Waals surface area (Å²) in [5.41, 5.74) is 5.24. The van der Waals surface area contributed by atoms with Gasteiger partial charge in [0.05, 0.1) is 11.3 Å². The molecule has 0 aliphatic rings. The number of nitrogens with two attached hydrogens (primary N) is 1. The number of halogens is 1. The monoisotopic (exact) mass is 282 g/mol. The van der Waals surface area contributed by atoms with Crippen molar-refractivity contribution in [1.82, 2.24) is 0 Å². The van der Waals surface area contributed by atoms with Crippen LogP contribution in [0.25, 0.3) is 0 Å². The Kier molecular flexibility index (Phi) is 6.11.